The second-order valence-electron chi connectivity index (χ2n) is 6.64. The van der Waals surface area contributed by atoms with Crippen molar-refractivity contribution in [2.24, 2.45) is 5.92 Å². The van der Waals surface area contributed by atoms with Crippen LogP contribution in [-0.4, -0.2) is 23.7 Å². The molecule has 1 amide bonds. The van der Waals surface area contributed by atoms with E-state index in [0.717, 1.165) is 31.6 Å². The highest BCUT2D eigenvalue weighted by Gasteiger charge is 2.23. The van der Waals surface area contributed by atoms with Crippen molar-refractivity contribution in [3.8, 4) is 11.5 Å². The lowest BCUT2D eigenvalue weighted by atomic mass is 9.87. The van der Waals surface area contributed by atoms with E-state index in [-0.39, 0.29) is 18.7 Å². The van der Waals surface area contributed by atoms with Crippen LogP contribution < -0.4 is 14.8 Å². The number of nitrogens with zero attached hydrogens (tertiary/aromatic N) is 1. The summed E-state index contributed by atoms with van der Waals surface area (Å²) in [6.45, 7) is 2.45. The topological polar surface area (TPSA) is 60.5 Å². The molecule has 0 spiro atoms. The van der Waals surface area contributed by atoms with Crippen LogP contribution in [0.25, 0.3) is 10.9 Å². The summed E-state index contributed by atoms with van der Waals surface area (Å²) in [5, 5.41) is 4.20. The first kappa shape index (κ1) is 15.5. The Morgan fingerprint density at radius 1 is 1.21 bits per heavy atom. The Balaban J connectivity index is 1.61. The van der Waals surface area contributed by atoms with Crippen LogP contribution in [0.15, 0.2) is 18.3 Å². The zero-order valence-corrected chi connectivity index (χ0v) is 14.2. The Kier molecular flexibility index (Phi) is 3.96. The Labute approximate surface area is 145 Å². The third-order valence-corrected chi connectivity index (χ3v) is 5.30. The molecule has 5 nitrogen and oxygen atoms in total. The average molecular weight is 347 g/mol. The van der Waals surface area contributed by atoms with Gasteiger partial charge in [0.1, 0.15) is 0 Å². The molecule has 1 aromatic carbocycles. The summed E-state index contributed by atoms with van der Waals surface area (Å²) in [4.78, 5) is 17.0. The van der Waals surface area contributed by atoms with Gasteiger partial charge in [-0.15, -0.1) is 0 Å². The molecule has 2 aromatic rings. The first-order chi connectivity index (χ1) is 11.6. The molecule has 6 heteroatoms. The van der Waals surface area contributed by atoms with E-state index in [4.69, 9.17) is 21.1 Å². The van der Waals surface area contributed by atoms with Gasteiger partial charge in [-0.2, -0.15) is 0 Å². The van der Waals surface area contributed by atoms with Crippen molar-refractivity contribution in [2.45, 2.75) is 38.6 Å². The summed E-state index contributed by atoms with van der Waals surface area (Å²) in [5.41, 5.74) is 1.09. The second-order valence-corrected chi connectivity index (χ2v) is 7.02. The van der Waals surface area contributed by atoms with E-state index in [1.807, 2.05) is 0 Å². The molecule has 1 aliphatic heterocycles. The van der Waals surface area contributed by atoms with Gasteiger partial charge in [-0.1, -0.05) is 18.5 Å². The van der Waals surface area contributed by atoms with Crippen LogP contribution in [0, 0.1) is 5.92 Å². The van der Waals surface area contributed by atoms with E-state index in [2.05, 4.69) is 17.2 Å². The summed E-state index contributed by atoms with van der Waals surface area (Å²) >= 11 is 6.48. The van der Waals surface area contributed by atoms with Crippen molar-refractivity contribution in [1.29, 1.82) is 0 Å². The van der Waals surface area contributed by atoms with E-state index >= 15 is 0 Å². The number of amides is 1. The number of hydrogen-bond donors (Lipinski definition) is 1. The van der Waals surface area contributed by atoms with Crippen molar-refractivity contribution in [2.75, 3.05) is 6.79 Å². The number of hydrogen-bond acceptors (Lipinski definition) is 4. The molecule has 1 N–H and O–H groups in total. The predicted molar refractivity (Wildman–Crippen MR) is 91.8 cm³/mol. The smallest absolute Gasteiger partial charge is 0.254 e. The highest BCUT2D eigenvalue weighted by Crippen LogP contribution is 2.38. The lowest BCUT2D eigenvalue weighted by Crippen LogP contribution is -2.37. The molecule has 4 rings (SSSR count). The molecule has 0 unspecified atom stereocenters. The van der Waals surface area contributed by atoms with Gasteiger partial charge in [0.2, 0.25) is 6.79 Å². The van der Waals surface area contributed by atoms with Gasteiger partial charge in [0.25, 0.3) is 5.91 Å². The second kappa shape index (κ2) is 6.13. The van der Waals surface area contributed by atoms with Gasteiger partial charge in [-0.05, 0) is 37.7 Å². The Morgan fingerprint density at radius 3 is 2.67 bits per heavy atom. The van der Waals surface area contributed by atoms with Gasteiger partial charge in [0.05, 0.1) is 16.1 Å². The van der Waals surface area contributed by atoms with Gasteiger partial charge in [0, 0.05) is 23.7 Å². The van der Waals surface area contributed by atoms with Crippen molar-refractivity contribution >= 4 is 28.4 Å². The third kappa shape index (κ3) is 2.77. The van der Waals surface area contributed by atoms with E-state index in [0.29, 0.717) is 33.0 Å². The monoisotopic (exact) mass is 346 g/mol. The maximum atomic E-state index is 12.6. The number of nitrogens with one attached hydrogen (secondary N) is 1. The summed E-state index contributed by atoms with van der Waals surface area (Å²) in [6, 6.07) is 3.79. The maximum Gasteiger partial charge on any atom is 0.254 e. The minimum absolute atomic E-state index is 0.161. The highest BCUT2D eigenvalue weighted by molar-refractivity contribution is 6.38. The lowest BCUT2D eigenvalue weighted by molar-refractivity contribution is 0.0923. The highest BCUT2D eigenvalue weighted by atomic mass is 35.5. The average Bonchev–Trinajstić information content (AvgIpc) is 3.03. The largest absolute Gasteiger partial charge is 0.454 e. The SMILES string of the molecule is C[C@H]1CC[C@H](NC(=O)c2cnc3cc4c(cc3c2Cl)OCO4)CC1. The molecular weight excluding hydrogens is 328 g/mol. The maximum absolute atomic E-state index is 12.6. The van der Waals surface area contributed by atoms with Crippen molar-refractivity contribution in [1.82, 2.24) is 10.3 Å². The number of rotatable bonds is 2. The van der Waals surface area contributed by atoms with Crippen molar-refractivity contribution in [3.05, 3.63) is 28.9 Å². The summed E-state index contributed by atoms with van der Waals surface area (Å²) in [5.74, 6) is 1.87. The fraction of sp³-hybridized carbons (Fsp3) is 0.444. The predicted octanol–water partition coefficient (Wildman–Crippen LogP) is 3.93. The van der Waals surface area contributed by atoms with Gasteiger partial charge in [0.15, 0.2) is 11.5 Å². The number of halogens is 1. The molecular formula is C18H19ClN2O3. The molecule has 0 atom stereocenters. The number of aromatic nitrogens is 1. The molecule has 2 heterocycles. The zero-order chi connectivity index (χ0) is 16.7. The van der Waals surface area contributed by atoms with Crippen LogP contribution in [-0.2, 0) is 0 Å². The van der Waals surface area contributed by atoms with Gasteiger partial charge < -0.3 is 14.8 Å². The van der Waals surface area contributed by atoms with Crippen molar-refractivity contribution < 1.29 is 14.3 Å². The summed E-state index contributed by atoms with van der Waals surface area (Å²) in [6.07, 6.45) is 5.87. The summed E-state index contributed by atoms with van der Waals surface area (Å²) in [7, 11) is 0. The van der Waals surface area contributed by atoms with Crippen LogP contribution in [0.2, 0.25) is 5.02 Å². The zero-order valence-electron chi connectivity index (χ0n) is 13.5. The molecule has 0 radical (unpaired) electrons. The quantitative estimate of drug-likeness (QED) is 0.895. The number of benzene rings is 1. The van der Waals surface area contributed by atoms with Crippen LogP contribution in [0.1, 0.15) is 43.0 Å². The molecule has 2 aliphatic rings. The first-order valence-corrected chi connectivity index (χ1v) is 8.68. The number of carbonyl (C=O) groups is 1. The Hall–Kier alpha value is -2.01. The number of fused-ring (bicyclic) bond motifs is 2. The normalized spacial score (nSPS) is 22.6. The van der Waals surface area contributed by atoms with Crippen molar-refractivity contribution in [3.63, 3.8) is 0 Å². The minimum Gasteiger partial charge on any atom is -0.454 e. The van der Waals surface area contributed by atoms with Gasteiger partial charge in [-0.25, -0.2) is 0 Å². The van der Waals surface area contributed by atoms with Gasteiger partial charge in [-0.3, -0.25) is 9.78 Å². The third-order valence-electron chi connectivity index (χ3n) is 4.89. The molecule has 1 fully saturated rings. The standard InChI is InChI=1S/C18H19ClN2O3/c1-10-2-4-11(5-3-10)21-18(22)13-8-20-14-7-16-15(23-9-24-16)6-12(14)17(13)19/h6-8,10-11H,2-5,9H2,1H3,(H,21,22)/t10-,11-. The molecule has 126 valence electrons. The molecule has 1 aromatic heterocycles. The van der Waals surface area contributed by atoms with E-state index in [9.17, 15) is 4.79 Å². The van der Waals surface area contributed by atoms with E-state index in [1.54, 1.807) is 12.1 Å². The molecule has 0 saturated heterocycles. The number of ether oxygens (including phenoxy) is 2. The minimum atomic E-state index is -0.161. The van der Waals surface area contributed by atoms with Gasteiger partial charge >= 0.3 is 0 Å². The van der Waals surface area contributed by atoms with Crippen LogP contribution >= 0.6 is 11.6 Å². The van der Waals surface area contributed by atoms with Crippen LogP contribution in [0.4, 0.5) is 0 Å². The Morgan fingerprint density at radius 2 is 1.92 bits per heavy atom. The van der Waals surface area contributed by atoms with E-state index < -0.39 is 0 Å². The number of carbonyl (C=O) groups excluding carboxylic acids is 1. The fourth-order valence-corrected chi connectivity index (χ4v) is 3.66. The Bertz CT molecular complexity index is 800. The van der Waals surface area contributed by atoms with E-state index in [1.165, 1.54) is 6.20 Å². The van der Waals surface area contributed by atoms with Crippen LogP contribution in [0.5, 0.6) is 11.5 Å². The summed E-state index contributed by atoms with van der Waals surface area (Å²) < 4.78 is 10.7. The lowest BCUT2D eigenvalue weighted by Gasteiger charge is -2.27. The first-order valence-electron chi connectivity index (χ1n) is 8.30. The number of pyridine rings is 1. The molecule has 1 aliphatic carbocycles. The fourth-order valence-electron chi connectivity index (χ4n) is 3.38. The molecule has 1 saturated carbocycles. The van der Waals surface area contributed by atoms with Crippen LogP contribution in [0.3, 0.4) is 0 Å². The molecule has 0 bridgehead atoms. The molecule has 24 heavy (non-hydrogen) atoms.